The molecule has 1 amide bonds. The number of rotatable bonds is 5. The predicted octanol–water partition coefficient (Wildman–Crippen LogP) is 2.65. The lowest BCUT2D eigenvalue weighted by Crippen LogP contribution is -2.17. The Morgan fingerprint density at radius 3 is 2.64 bits per heavy atom. The number of aryl methyl sites for hydroxylation is 1. The molecule has 0 atom stereocenters. The van der Waals surface area contributed by atoms with Crippen LogP contribution in [0.2, 0.25) is 0 Å². The largest absolute Gasteiger partial charge is 0.296 e. The van der Waals surface area contributed by atoms with E-state index < -0.39 is 0 Å². The number of amides is 1. The maximum atomic E-state index is 12.3. The van der Waals surface area contributed by atoms with Gasteiger partial charge in [-0.05, 0) is 24.3 Å². The van der Waals surface area contributed by atoms with Crippen molar-refractivity contribution in [3.05, 3.63) is 67.3 Å². The molecule has 25 heavy (non-hydrogen) atoms. The van der Waals surface area contributed by atoms with Gasteiger partial charge in [-0.2, -0.15) is 5.10 Å². The molecule has 2 aromatic heterocycles. The van der Waals surface area contributed by atoms with E-state index in [0.717, 1.165) is 16.7 Å². The van der Waals surface area contributed by atoms with Gasteiger partial charge >= 0.3 is 0 Å². The lowest BCUT2D eigenvalue weighted by atomic mass is 10.3. The summed E-state index contributed by atoms with van der Waals surface area (Å²) in [4.78, 5) is 20.8. The average Bonchev–Trinajstić information content (AvgIpc) is 3.28. The number of nitrogens with one attached hydrogen (secondary N) is 1. The highest BCUT2D eigenvalue weighted by atomic mass is 16.1. The van der Waals surface area contributed by atoms with Crippen molar-refractivity contribution < 1.29 is 4.79 Å². The Bertz CT molecular complexity index is 991. The summed E-state index contributed by atoms with van der Waals surface area (Å²) in [5.74, 6) is 0.388. The lowest BCUT2D eigenvalue weighted by Gasteiger charge is -2.10. The average molecular weight is 332 g/mol. The first-order valence-electron chi connectivity index (χ1n) is 7.96. The molecule has 0 saturated carbocycles. The van der Waals surface area contributed by atoms with Gasteiger partial charge in [0.2, 0.25) is 11.9 Å². The standard InChI is InChI=1S/C18H16N6O/c25-17(10-11-23-13-19-12-20-23)22-18-21-15-8-4-5-9-16(15)24(18)14-6-2-1-3-7-14/h1-9,12-13H,10-11H2,(H,21,22,25). The van der Waals surface area contributed by atoms with E-state index in [1.807, 2.05) is 59.2 Å². The predicted molar refractivity (Wildman–Crippen MR) is 94.3 cm³/mol. The van der Waals surface area contributed by atoms with Gasteiger partial charge in [-0.25, -0.2) is 9.97 Å². The summed E-state index contributed by atoms with van der Waals surface area (Å²) in [5.41, 5.74) is 2.72. The van der Waals surface area contributed by atoms with Crippen molar-refractivity contribution in [3.63, 3.8) is 0 Å². The number of carbonyl (C=O) groups is 1. The number of anilines is 1. The number of para-hydroxylation sites is 3. The van der Waals surface area contributed by atoms with Crippen LogP contribution in [0.4, 0.5) is 5.95 Å². The number of aromatic nitrogens is 5. The number of carbonyl (C=O) groups excluding carboxylic acids is 1. The second kappa shape index (κ2) is 6.56. The number of imidazole rings is 1. The van der Waals surface area contributed by atoms with Crippen LogP contribution >= 0.6 is 0 Å². The third-order valence-corrected chi connectivity index (χ3v) is 3.86. The summed E-state index contributed by atoms with van der Waals surface area (Å²) in [6, 6.07) is 17.7. The number of nitrogens with zero attached hydrogens (tertiary/aromatic N) is 5. The topological polar surface area (TPSA) is 77.6 Å². The molecule has 0 spiro atoms. The zero-order valence-corrected chi connectivity index (χ0v) is 13.4. The van der Waals surface area contributed by atoms with E-state index in [2.05, 4.69) is 20.4 Å². The summed E-state index contributed by atoms with van der Waals surface area (Å²) >= 11 is 0. The van der Waals surface area contributed by atoms with Crippen LogP contribution < -0.4 is 5.32 Å². The molecule has 0 unspecified atom stereocenters. The molecule has 2 heterocycles. The molecular formula is C18H16N6O. The second-order valence-electron chi connectivity index (χ2n) is 5.55. The molecule has 124 valence electrons. The molecule has 1 N–H and O–H groups in total. The van der Waals surface area contributed by atoms with Crippen LogP contribution in [-0.4, -0.2) is 30.2 Å². The summed E-state index contributed by atoms with van der Waals surface area (Å²) in [6.45, 7) is 0.470. The molecule has 0 radical (unpaired) electrons. The highest BCUT2D eigenvalue weighted by molar-refractivity contribution is 5.92. The molecule has 4 rings (SSSR count). The zero-order chi connectivity index (χ0) is 17.1. The summed E-state index contributed by atoms with van der Waals surface area (Å²) < 4.78 is 3.57. The number of benzene rings is 2. The normalized spacial score (nSPS) is 10.9. The van der Waals surface area contributed by atoms with E-state index >= 15 is 0 Å². The Labute approximate surface area is 143 Å². The highest BCUT2D eigenvalue weighted by Gasteiger charge is 2.14. The molecule has 0 fully saturated rings. The van der Waals surface area contributed by atoms with Crippen LogP contribution in [0.3, 0.4) is 0 Å². The van der Waals surface area contributed by atoms with E-state index in [1.54, 1.807) is 11.0 Å². The monoisotopic (exact) mass is 332 g/mol. The summed E-state index contributed by atoms with van der Waals surface area (Å²) in [6.07, 6.45) is 3.33. The third-order valence-electron chi connectivity index (χ3n) is 3.86. The molecule has 0 aliphatic rings. The first-order valence-corrected chi connectivity index (χ1v) is 7.96. The number of hydrogen-bond acceptors (Lipinski definition) is 4. The Kier molecular flexibility index (Phi) is 3.96. The molecule has 0 bridgehead atoms. The third kappa shape index (κ3) is 3.12. The Morgan fingerprint density at radius 2 is 1.84 bits per heavy atom. The van der Waals surface area contributed by atoms with Crippen molar-refractivity contribution in [1.29, 1.82) is 0 Å². The summed E-state index contributed by atoms with van der Waals surface area (Å²) in [7, 11) is 0. The molecule has 7 nitrogen and oxygen atoms in total. The first kappa shape index (κ1) is 15.1. The van der Waals surface area contributed by atoms with E-state index in [9.17, 15) is 4.79 Å². The van der Waals surface area contributed by atoms with Crippen molar-refractivity contribution in [2.45, 2.75) is 13.0 Å². The minimum Gasteiger partial charge on any atom is -0.296 e. The molecule has 0 aliphatic carbocycles. The van der Waals surface area contributed by atoms with Crippen molar-refractivity contribution in [2.24, 2.45) is 0 Å². The van der Waals surface area contributed by atoms with Gasteiger partial charge in [0.15, 0.2) is 0 Å². The molecule has 4 aromatic rings. The van der Waals surface area contributed by atoms with Crippen LogP contribution in [0.15, 0.2) is 67.3 Å². The highest BCUT2D eigenvalue weighted by Crippen LogP contribution is 2.24. The van der Waals surface area contributed by atoms with E-state index in [-0.39, 0.29) is 5.91 Å². The quantitative estimate of drug-likeness (QED) is 0.609. The van der Waals surface area contributed by atoms with Gasteiger partial charge in [-0.1, -0.05) is 30.3 Å². The lowest BCUT2D eigenvalue weighted by molar-refractivity contribution is -0.116. The fraction of sp³-hybridized carbons (Fsp3) is 0.111. The van der Waals surface area contributed by atoms with Crippen molar-refractivity contribution >= 4 is 22.9 Å². The number of hydrogen-bond donors (Lipinski definition) is 1. The molecule has 0 saturated heterocycles. The van der Waals surface area contributed by atoms with Crippen molar-refractivity contribution in [3.8, 4) is 5.69 Å². The van der Waals surface area contributed by atoms with Crippen molar-refractivity contribution in [1.82, 2.24) is 24.3 Å². The molecule has 7 heteroatoms. The molecule has 2 aromatic carbocycles. The molecular weight excluding hydrogens is 316 g/mol. The van der Waals surface area contributed by atoms with Gasteiger partial charge in [-0.3, -0.25) is 19.4 Å². The fourth-order valence-electron chi connectivity index (χ4n) is 2.70. The van der Waals surface area contributed by atoms with Crippen LogP contribution in [0.5, 0.6) is 0 Å². The number of fused-ring (bicyclic) bond motifs is 1. The maximum absolute atomic E-state index is 12.3. The summed E-state index contributed by atoms with van der Waals surface area (Å²) in [5, 5.41) is 6.91. The van der Waals surface area contributed by atoms with Crippen LogP contribution in [0.1, 0.15) is 6.42 Å². The minimum atomic E-state index is -0.122. The van der Waals surface area contributed by atoms with Gasteiger partial charge < -0.3 is 0 Å². The fourth-order valence-corrected chi connectivity index (χ4v) is 2.70. The van der Waals surface area contributed by atoms with Gasteiger partial charge in [-0.15, -0.1) is 0 Å². The zero-order valence-electron chi connectivity index (χ0n) is 13.4. The Morgan fingerprint density at radius 1 is 1.04 bits per heavy atom. The molecule has 0 aliphatic heterocycles. The first-order chi connectivity index (χ1) is 12.3. The van der Waals surface area contributed by atoms with Gasteiger partial charge in [0.1, 0.15) is 12.7 Å². The van der Waals surface area contributed by atoms with Gasteiger partial charge in [0.25, 0.3) is 0 Å². The van der Waals surface area contributed by atoms with Crippen LogP contribution in [0, 0.1) is 0 Å². The van der Waals surface area contributed by atoms with Gasteiger partial charge in [0, 0.05) is 12.1 Å². The SMILES string of the molecule is O=C(CCn1cncn1)Nc1nc2ccccc2n1-c1ccccc1. The minimum absolute atomic E-state index is 0.122. The van der Waals surface area contributed by atoms with E-state index in [1.165, 1.54) is 6.33 Å². The van der Waals surface area contributed by atoms with Gasteiger partial charge in [0.05, 0.1) is 17.6 Å². The maximum Gasteiger partial charge on any atom is 0.228 e. The smallest absolute Gasteiger partial charge is 0.228 e. The Hall–Kier alpha value is -3.48. The second-order valence-corrected chi connectivity index (χ2v) is 5.55. The van der Waals surface area contributed by atoms with Crippen LogP contribution in [0.25, 0.3) is 16.7 Å². The van der Waals surface area contributed by atoms with E-state index in [0.29, 0.717) is 18.9 Å². The van der Waals surface area contributed by atoms with Crippen LogP contribution in [-0.2, 0) is 11.3 Å². The Balaban J connectivity index is 1.63. The van der Waals surface area contributed by atoms with Crippen molar-refractivity contribution in [2.75, 3.05) is 5.32 Å². The van der Waals surface area contributed by atoms with E-state index in [4.69, 9.17) is 0 Å².